The fourth-order valence-electron chi connectivity index (χ4n) is 1.94. The van der Waals surface area contributed by atoms with Crippen LogP contribution in [0.4, 0.5) is 0 Å². The largest absolute Gasteiger partial charge is 0.370 e. The van der Waals surface area contributed by atoms with Crippen LogP contribution in [-0.2, 0) is 4.74 Å². The van der Waals surface area contributed by atoms with Gasteiger partial charge in [-0.25, -0.2) is 0 Å². The third kappa shape index (κ3) is 2.40. The number of ketones is 1. The quantitative estimate of drug-likeness (QED) is 0.750. The van der Waals surface area contributed by atoms with Crippen LogP contribution >= 0.6 is 11.3 Å². The highest BCUT2D eigenvalue weighted by Crippen LogP contribution is 2.26. The smallest absolute Gasteiger partial charge is 0.192 e. The zero-order valence-electron chi connectivity index (χ0n) is 10.1. The van der Waals surface area contributed by atoms with Gasteiger partial charge in [-0.1, -0.05) is 19.1 Å². The number of carbonyl (C=O) groups excluding carboxylic acids is 1. The van der Waals surface area contributed by atoms with Crippen molar-refractivity contribution in [3.63, 3.8) is 0 Å². The van der Waals surface area contributed by atoms with Gasteiger partial charge in [0.05, 0.1) is 0 Å². The molecule has 1 unspecified atom stereocenters. The van der Waals surface area contributed by atoms with Gasteiger partial charge in [0.15, 0.2) is 5.78 Å². The summed E-state index contributed by atoms with van der Waals surface area (Å²) in [6, 6.07) is 7.90. The summed E-state index contributed by atoms with van der Waals surface area (Å²) in [5.41, 5.74) is 0.790. The maximum atomic E-state index is 12.4. The van der Waals surface area contributed by atoms with Crippen molar-refractivity contribution >= 4 is 27.2 Å². The van der Waals surface area contributed by atoms with Gasteiger partial charge < -0.3 is 4.74 Å². The van der Waals surface area contributed by atoms with E-state index in [0.717, 1.165) is 15.6 Å². The number of hydrogen-bond acceptors (Lipinski definition) is 3. The second-order valence-corrected chi connectivity index (χ2v) is 4.78. The SMILES string of the molecule is CCOC(CC)C(=O)c1cccc2ccsc12. The number of hydrogen-bond donors (Lipinski definition) is 0. The Morgan fingerprint density at radius 2 is 2.18 bits per heavy atom. The molecule has 2 rings (SSSR count). The molecule has 1 aromatic carbocycles. The van der Waals surface area contributed by atoms with Crippen LogP contribution in [0, 0.1) is 0 Å². The van der Waals surface area contributed by atoms with Crippen LogP contribution in [0.1, 0.15) is 30.6 Å². The predicted molar refractivity (Wildman–Crippen MR) is 71.9 cm³/mol. The van der Waals surface area contributed by atoms with Crippen LogP contribution in [0.15, 0.2) is 29.6 Å². The summed E-state index contributed by atoms with van der Waals surface area (Å²) in [7, 11) is 0. The normalized spacial score (nSPS) is 12.8. The molecule has 0 N–H and O–H groups in total. The fraction of sp³-hybridized carbons (Fsp3) is 0.357. The molecule has 0 bridgehead atoms. The van der Waals surface area contributed by atoms with E-state index in [1.807, 2.05) is 43.5 Å². The molecule has 17 heavy (non-hydrogen) atoms. The third-order valence-corrected chi connectivity index (χ3v) is 3.74. The Labute approximate surface area is 105 Å². The molecule has 1 heterocycles. The van der Waals surface area contributed by atoms with E-state index in [-0.39, 0.29) is 11.9 Å². The lowest BCUT2D eigenvalue weighted by atomic mass is 10.0. The standard InChI is InChI=1S/C14H16O2S/c1-3-12(16-4-2)13(15)11-7-5-6-10-8-9-17-14(10)11/h5-9,12H,3-4H2,1-2H3. The number of thiophene rings is 1. The Kier molecular flexibility index (Phi) is 3.92. The van der Waals surface area contributed by atoms with Crippen LogP contribution < -0.4 is 0 Å². The summed E-state index contributed by atoms with van der Waals surface area (Å²) in [5.74, 6) is 0.0994. The topological polar surface area (TPSA) is 26.3 Å². The van der Waals surface area contributed by atoms with E-state index < -0.39 is 0 Å². The minimum Gasteiger partial charge on any atom is -0.370 e. The van der Waals surface area contributed by atoms with Crippen molar-refractivity contribution < 1.29 is 9.53 Å². The van der Waals surface area contributed by atoms with E-state index in [0.29, 0.717) is 13.0 Å². The zero-order chi connectivity index (χ0) is 12.3. The van der Waals surface area contributed by atoms with Crippen molar-refractivity contribution in [2.45, 2.75) is 26.4 Å². The molecule has 0 saturated heterocycles. The summed E-state index contributed by atoms with van der Waals surface area (Å²) in [5, 5.41) is 3.15. The summed E-state index contributed by atoms with van der Waals surface area (Å²) < 4.78 is 6.55. The minimum absolute atomic E-state index is 0.0994. The van der Waals surface area contributed by atoms with Crippen LogP contribution in [0.25, 0.3) is 10.1 Å². The maximum Gasteiger partial charge on any atom is 0.192 e. The van der Waals surface area contributed by atoms with E-state index in [9.17, 15) is 4.79 Å². The number of ether oxygens (including phenoxy) is 1. The molecule has 90 valence electrons. The maximum absolute atomic E-state index is 12.4. The molecule has 0 fully saturated rings. The van der Waals surface area contributed by atoms with Crippen molar-refractivity contribution in [3.8, 4) is 0 Å². The Morgan fingerprint density at radius 3 is 2.88 bits per heavy atom. The van der Waals surface area contributed by atoms with Gasteiger partial charge in [0.2, 0.25) is 0 Å². The lowest BCUT2D eigenvalue weighted by Gasteiger charge is -2.14. The molecule has 0 saturated carbocycles. The first-order chi connectivity index (χ1) is 8.27. The molecule has 0 aliphatic carbocycles. The molecule has 0 amide bonds. The first-order valence-corrected chi connectivity index (χ1v) is 6.78. The number of fused-ring (bicyclic) bond motifs is 1. The van der Waals surface area contributed by atoms with Gasteiger partial charge in [0.25, 0.3) is 0 Å². The molecular weight excluding hydrogens is 232 g/mol. The van der Waals surface area contributed by atoms with Gasteiger partial charge in [-0.3, -0.25) is 4.79 Å². The second kappa shape index (κ2) is 5.43. The van der Waals surface area contributed by atoms with E-state index in [2.05, 4.69) is 0 Å². The average Bonchev–Trinajstić information content (AvgIpc) is 2.83. The molecular formula is C14H16O2S. The van der Waals surface area contributed by atoms with Crippen LogP contribution in [0.3, 0.4) is 0 Å². The second-order valence-electron chi connectivity index (χ2n) is 3.86. The molecule has 1 aromatic heterocycles. The van der Waals surface area contributed by atoms with Gasteiger partial charge in [0, 0.05) is 16.9 Å². The van der Waals surface area contributed by atoms with Gasteiger partial charge in [-0.15, -0.1) is 11.3 Å². The first-order valence-electron chi connectivity index (χ1n) is 5.90. The molecule has 3 heteroatoms. The monoisotopic (exact) mass is 248 g/mol. The van der Waals surface area contributed by atoms with Crippen molar-refractivity contribution in [2.24, 2.45) is 0 Å². The third-order valence-electron chi connectivity index (χ3n) is 2.78. The van der Waals surface area contributed by atoms with Crippen LogP contribution in [0.5, 0.6) is 0 Å². The summed E-state index contributed by atoms with van der Waals surface area (Å²) in [6.45, 7) is 4.47. The summed E-state index contributed by atoms with van der Waals surface area (Å²) >= 11 is 1.61. The Morgan fingerprint density at radius 1 is 1.35 bits per heavy atom. The summed E-state index contributed by atoms with van der Waals surface area (Å²) in [6.07, 6.45) is 0.404. The minimum atomic E-state index is -0.312. The lowest BCUT2D eigenvalue weighted by Crippen LogP contribution is -2.23. The van der Waals surface area contributed by atoms with E-state index in [4.69, 9.17) is 4.74 Å². The van der Waals surface area contributed by atoms with Crippen LogP contribution in [0.2, 0.25) is 0 Å². The number of rotatable bonds is 5. The molecule has 0 spiro atoms. The van der Waals surface area contributed by atoms with E-state index >= 15 is 0 Å². The molecule has 1 atom stereocenters. The fourth-order valence-corrected chi connectivity index (χ4v) is 2.86. The molecule has 0 aliphatic rings. The van der Waals surface area contributed by atoms with Gasteiger partial charge in [-0.2, -0.15) is 0 Å². The Hall–Kier alpha value is -1.19. The van der Waals surface area contributed by atoms with Gasteiger partial charge in [-0.05, 0) is 36.2 Å². The molecule has 2 nitrogen and oxygen atoms in total. The first kappa shape index (κ1) is 12.3. The van der Waals surface area contributed by atoms with Gasteiger partial charge in [0.1, 0.15) is 6.10 Å². The predicted octanol–water partition coefficient (Wildman–Crippen LogP) is 3.90. The Balaban J connectivity index is 2.38. The van der Waals surface area contributed by atoms with Gasteiger partial charge >= 0.3 is 0 Å². The zero-order valence-corrected chi connectivity index (χ0v) is 10.9. The number of benzene rings is 1. The lowest BCUT2D eigenvalue weighted by molar-refractivity contribution is 0.0445. The van der Waals surface area contributed by atoms with Crippen LogP contribution in [-0.4, -0.2) is 18.5 Å². The van der Waals surface area contributed by atoms with Crippen molar-refractivity contribution in [3.05, 3.63) is 35.2 Å². The van der Waals surface area contributed by atoms with Crippen molar-refractivity contribution in [1.29, 1.82) is 0 Å². The Bertz CT molecular complexity index is 516. The molecule has 2 aromatic rings. The number of Topliss-reactive ketones (excluding diaryl/α,β-unsaturated/α-hetero) is 1. The highest BCUT2D eigenvalue weighted by atomic mass is 32.1. The molecule has 0 aliphatic heterocycles. The van der Waals surface area contributed by atoms with E-state index in [1.54, 1.807) is 11.3 Å². The van der Waals surface area contributed by atoms with Crippen molar-refractivity contribution in [2.75, 3.05) is 6.61 Å². The number of carbonyl (C=O) groups is 1. The summed E-state index contributed by atoms with van der Waals surface area (Å²) in [4.78, 5) is 12.4. The molecule has 0 radical (unpaired) electrons. The average molecular weight is 248 g/mol. The highest BCUT2D eigenvalue weighted by Gasteiger charge is 2.20. The van der Waals surface area contributed by atoms with Crippen molar-refractivity contribution in [1.82, 2.24) is 0 Å². The highest BCUT2D eigenvalue weighted by molar-refractivity contribution is 7.17. The van der Waals surface area contributed by atoms with E-state index in [1.165, 1.54) is 0 Å².